The number of ether oxygens (including phenoxy) is 1. The Morgan fingerprint density at radius 1 is 0.893 bits per heavy atom. The predicted molar refractivity (Wildman–Crippen MR) is 103 cm³/mol. The van der Waals surface area contributed by atoms with Crippen LogP contribution in [0, 0.1) is 30.6 Å². The molecule has 4 atom stereocenters. The van der Waals surface area contributed by atoms with E-state index in [1.54, 1.807) is 36.4 Å². The lowest BCUT2D eigenvalue weighted by molar-refractivity contribution is -0.123. The summed E-state index contributed by atoms with van der Waals surface area (Å²) in [5, 5.41) is 0. The van der Waals surface area contributed by atoms with E-state index in [0.717, 1.165) is 24.8 Å². The van der Waals surface area contributed by atoms with Crippen molar-refractivity contribution in [1.82, 2.24) is 0 Å². The summed E-state index contributed by atoms with van der Waals surface area (Å²) in [6.45, 7) is 1.96. The van der Waals surface area contributed by atoms with Gasteiger partial charge in [0.05, 0.1) is 23.1 Å². The highest BCUT2D eigenvalue weighted by atomic mass is 16.5. The molecule has 1 heterocycles. The fraction of sp³-hybridized carbons (Fsp3) is 0.348. The second-order valence-corrected chi connectivity index (χ2v) is 8.15. The van der Waals surface area contributed by atoms with Crippen molar-refractivity contribution in [2.24, 2.45) is 23.7 Å². The van der Waals surface area contributed by atoms with Crippen molar-refractivity contribution in [3.05, 3.63) is 59.7 Å². The van der Waals surface area contributed by atoms with Crippen molar-refractivity contribution >= 4 is 23.5 Å². The van der Waals surface area contributed by atoms with Crippen molar-refractivity contribution in [3.8, 4) is 5.75 Å². The van der Waals surface area contributed by atoms with Crippen LogP contribution in [0.5, 0.6) is 5.75 Å². The maximum Gasteiger partial charge on any atom is 0.343 e. The van der Waals surface area contributed by atoms with Crippen molar-refractivity contribution in [1.29, 1.82) is 0 Å². The van der Waals surface area contributed by atoms with E-state index in [1.807, 2.05) is 19.1 Å². The molecule has 1 aliphatic heterocycles. The van der Waals surface area contributed by atoms with E-state index in [2.05, 4.69) is 0 Å². The van der Waals surface area contributed by atoms with Crippen LogP contribution in [0.1, 0.15) is 35.2 Å². The first-order valence-electron chi connectivity index (χ1n) is 9.79. The molecule has 0 N–H and O–H groups in total. The van der Waals surface area contributed by atoms with Crippen LogP contribution in [0.25, 0.3) is 0 Å². The molecule has 1 saturated heterocycles. The molecule has 3 aliphatic rings. The number of fused-ring (bicyclic) bond motifs is 5. The number of nitrogens with zero attached hydrogens (tertiary/aromatic N) is 1. The van der Waals surface area contributed by atoms with E-state index in [9.17, 15) is 14.4 Å². The lowest BCUT2D eigenvalue weighted by atomic mass is 9.81. The SMILES string of the molecule is Cc1ccc(OC(=O)c2ccc(N3C(=O)[C@@H]4[C@@H]5CC[C@@H](C5)[C@@H]4C3=O)cc2)cc1. The van der Waals surface area contributed by atoms with Gasteiger partial charge in [0, 0.05) is 0 Å². The molecule has 2 bridgehead atoms. The topological polar surface area (TPSA) is 63.7 Å². The number of imide groups is 1. The molecule has 2 aromatic rings. The molecule has 28 heavy (non-hydrogen) atoms. The molecule has 2 aliphatic carbocycles. The number of benzene rings is 2. The minimum atomic E-state index is -0.468. The highest BCUT2D eigenvalue weighted by Gasteiger charge is 2.61. The number of rotatable bonds is 3. The molecule has 2 amide bonds. The summed E-state index contributed by atoms with van der Waals surface area (Å²) in [5.74, 6) is 0.307. The summed E-state index contributed by atoms with van der Waals surface area (Å²) in [6.07, 6.45) is 3.13. The van der Waals surface area contributed by atoms with E-state index in [-0.39, 0.29) is 23.7 Å². The van der Waals surface area contributed by atoms with E-state index >= 15 is 0 Å². The Kier molecular flexibility index (Phi) is 3.86. The van der Waals surface area contributed by atoms with Gasteiger partial charge < -0.3 is 4.74 Å². The third-order valence-electron chi connectivity index (χ3n) is 6.52. The van der Waals surface area contributed by atoms with Gasteiger partial charge in [0.25, 0.3) is 0 Å². The molecule has 0 unspecified atom stereocenters. The van der Waals surface area contributed by atoms with E-state index in [0.29, 0.717) is 28.8 Å². The van der Waals surface area contributed by atoms with Gasteiger partial charge >= 0.3 is 5.97 Å². The van der Waals surface area contributed by atoms with Gasteiger partial charge in [0.15, 0.2) is 0 Å². The summed E-state index contributed by atoms with van der Waals surface area (Å²) in [5.41, 5.74) is 2.00. The van der Waals surface area contributed by atoms with Crippen LogP contribution in [-0.2, 0) is 9.59 Å². The summed E-state index contributed by atoms with van der Waals surface area (Å²) in [7, 11) is 0. The Morgan fingerprint density at radius 3 is 2.04 bits per heavy atom. The van der Waals surface area contributed by atoms with Gasteiger partial charge in [-0.3, -0.25) is 14.5 Å². The van der Waals surface area contributed by atoms with Crippen LogP contribution in [0.2, 0.25) is 0 Å². The quantitative estimate of drug-likeness (QED) is 0.466. The Labute approximate surface area is 163 Å². The zero-order valence-corrected chi connectivity index (χ0v) is 15.6. The molecule has 2 aromatic carbocycles. The number of esters is 1. The highest BCUT2D eigenvalue weighted by molar-refractivity contribution is 6.22. The third kappa shape index (κ3) is 2.57. The maximum absolute atomic E-state index is 12.9. The van der Waals surface area contributed by atoms with Crippen LogP contribution >= 0.6 is 0 Å². The highest BCUT2D eigenvalue weighted by Crippen LogP contribution is 2.56. The first kappa shape index (κ1) is 17.2. The van der Waals surface area contributed by atoms with Gasteiger partial charge in [-0.2, -0.15) is 0 Å². The minimum absolute atomic E-state index is 0.0721. The molecule has 142 valence electrons. The Bertz CT molecular complexity index is 935. The number of carbonyl (C=O) groups is 3. The molecule has 0 radical (unpaired) electrons. The smallest absolute Gasteiger partial charge is 0.343 e. The van der Waals surface area contributed by atoms with Gasteiger partial charge in [0.2, 0.25) is 11.8 Å². The monoisotopic (exact) mass is 375 g/mol. The van der Waals surface area contributed by atoms with Gasteiger partial charge in [-0.1, -0.05) is 17.7 Å². The molecule has 3 fully saturated rings. The molecular weight excluding hydrogens is 354 g/mol. The largest absolute Gasteiger partial charge is 0.423 e. The first-order chi connectivity index (χ1) is 13.5. The molecule has 2 saturated carbocycles. The van der Waals surface area contributed by atoms with Gasteiger partial charge in [0.1, 0.15) is 5.75 Å². The van der Waals surface area contributed by atoms with Crippen molar-refractivity contribution in [3.63, 3.8) is 0 Å². The number of aryl methyl sites for hydroxylation is 1. The van der Waals surface area contributed by atoms with Crippen molar-refractivity contribution in [2.75, 3.05) is 4.90 Å². The summed E-state index contributed by atoms with van der Waals surface area (Å²) in [6, 6.07) is 13.8. The van der Waals surface area contributed by atoms with Crippen LogP contribution in [0.4, 0.5) is 5.69 Å². The number of hydrogen-bond acceptors (Lipinski definition) is 4. The zero-order chi connectivity index (χ0) is 19.4. The van der Waals surface area contributed by atoms with Crippen LogP contribution in [0.3, 0.4) is 0 Å². The number of hydrogen-bond donors (Lipinski definition) is 0. The summed E-state index contributed by atoms with van der Waals surface area (Å²) < 4.78 is 5.37. The Morgan fingerprint density at radius 2 is 1.46 bits per heavy atom. The fourth-order valence-corrected chi connectivity index (χ4v) is 5.18. The molecule has 5 rings (SSSR count). The molecule has 0 aromatic heterocycles. The number of carbonyl (C=O) groups excluding carboxylic acids is 3. The lowest BCUT2D eigenvalue weighted by Gasteiger charge is -2.19. The lowest BCUT2D eigenvalue weighted by Crippen LogP contribution is -2.32. The van der Waals surface area contributed by atoms with Gasteiger partial charge in [-0.15, -0.1) is 0 Å². The second kappa shape index (κ2) is 6.30. The normalized spacial score (nSPS) is 28.0. The summed E-state index contributed by atoms with van der Waals surface area (Å²) in [4.78, 5) is 39.4. The fourth-order valence-electron chi connectivity index (χ4n) is 5.18. The summed E-state index contributed by atoms with van der Waals surface area (Å²) >= 11 is 0. The molecule has 5 heteroatoms. The number of anilines is 1. The Hall–Kier alpha value is -2.95. The Balaban J connectivity index is 1.34. The van der Waals surface area contributed by atoms with Gasteiger partial charge in [-0.25, -0.2) is 4.79 Å². The van der Waals surface area contributed by atoms with Crippen LogP contribution in [-0.4, -0.2) is 17.8 Å². The minimum Gasteiger partial charge on any atom is -0.423 e. The van der Waals surface area contributed by atoms with Crippen LogP contribution < -0.4 is 9.64 Å². The molecule has 0 spiro atoms. The standard InChI is InChI=1S/C23H21NO4/c1-13-2-10-18(11-3-13)28-23(27)14-6-8-17(9-7-14)24-21(25)19-15-4-5-16(12-15)20(19)22(24)26/h2-3,6-11,15-16,19-20H,4-5,12H2,1H3/t15-,16+,19-,20+. The zero-order valence-electron chi connectivity index (χ0n) is 15.6. The van der Waals surface area contributed by atoms with E-state index in [4.69, 9.17) is 4.74 Å². The number of amides is 2. The molecular formula is C23H21NO4. The van der Waals surface area contributed by atoms with Crippen molar-refractivity contribution in [2.45, 2.75) is 26.2 Å². The first-order valence-corrected chi connectivity index (χ1v) is 9.79. The molecule has 5 nitrogen and oxygen atoms in total. The second-order valence-electron chi connectivity index (χ2n) is 8.15. The maximum atomic E-state index is 12.9. The van der Waals surface area contributed by atoms with Gasteiger partial charge in [-0.05, 0) is 74.4 Å². The van der Waals surface area contributed by atoms with Crippen LogP contribution in [0.15, 0.2) is 48.5 Å². The van der Waals surface area contributed by atoms with Crippen molar-refractivity contribution < 1.29 is 19.1 Å². The average Bonchev–Trinajstić information content (AvgIpc) is 3.38. The average molecular weight is 375 g/mol. The van der Waals surface area contributed by atoms with E-state index in [1.165, 1.54) is 4.90 Å². The van der Waals surface area contributed by atoms with E-state index < -0.39 is 5.97 Å². The predicted octanol–water partition coefficient (Wildman–Crippen LogP) is 3.75. The third-order valence-corrected chi connectivity index (χ3v) is 6.52.